The lowest BCUT2D eigenvalue weighted by molar-refractivity contribution is -0.118. The van der Waals surface area contributed by atoms with Crippen LogP contribution in [0, 0.1) is 0 Å². The van der Waals surface area contributed by atoms with Gasteiger partial charge in [-0.25, -0.2) is 0 Å². The Bertz CT molecular complexity index is 949. The van der Waals surface area contributed by atoms with E-state index < -0.39 is 0 Å². The minimum Gasteiger partial charge on any atom is -0.351 e. The van der Waals surface area contributed by atoms with Gasteiger partial charge < -0.3 is 9.88 Å². The number of aromatic nitrogens is 3. The van der Waals surface area contributed by atoms with Crippen molar-refractivity contribution in [3.8, 4) is 11.4 Å². The number of nitrogens with zero attached hydrogens (tertiary/aromatic N) is 3. The van der Waals surface area contributed by atoms with Crippen LogP contribution in [0.25, 0.3) is 11.4 Å². The van der Waals surface area contributed by atoms with E-state index in [0.29, 0.717) is 12.3 Å². The average Bonchev–Trinajstić information content (AvgIpc) is 3.34. The summed E-state index contributed by atoms with van der Waals surface area (Å²) in [5.41, 5.74) is 3.78. The first-order valence-corrected chi connectivity index (χ1v) is 11.6. The number of thioether (sulfide) groups is 1. The fraction of sp³-hybridized carbons (Fsp3) is 0.381. The van der Waals surface area contributed by atoms with Crippen LogP contribution in [0.5, 0.6) is 0 Å². The molecule has 2 aromatic heterocycles. The summed E-state index contributed by atoms with van der Waals surface area (Å²) in [6.45, 7) is 3.44. The zero-order chi connectivity index (χ0) is 19.3. The lowest BCUT2D eigenvalue weighted by atomic mass is 9.96. The van der Waals surface area contributed by atoms with Gasteiger partial charge in [-0.1, -0.05) is 42.1 Å². The van der Waals surface area contributed by atoms with E-state index in [-0.39, 0.29) is 5.91 Å². The molecule has 0 unspecified atom stereocenters. The first-order valence-electron chi connectivity index (χ1n) is 9.72. The molecule has 2 heterocycles. The van der Waals surface area contributed by atoms with E-state index >= 15 is 0 Å². The maximum absolute atomic E-state index is 12.2. The third-order valence-electron chi connectivity index (χ3n) is 5.00. The van der Waals surface area contributed by atoms with Gasteiger partial charge in [0.25, 0.3) is 0 Å². The zero-order valence-corrected chi connectivity index (χ0v) is 17.6. The molecule has 1 amide bonds. The molecule has 1 N–H and O–H groups in total. The Kier molecular flexibility index (Phi) is 6.12. The number of hydrogen-bond acceptors (Lipinski definition) is 5. The summed E-state index contributed by atoms with van der Waals surface area (Å²) in [6.07, 6.45) is 4.85. The number of amides is 1. The van der Waals surface area contributed by atoms with Gasteiger partial charge in [-0.05, 0) is 43.7 Å². The van der Waals surface area contributed by atoms with Gasteiger partial charge in [0.05, 0.1) is 5.75 Å². The molecule has 0 saturated carbocycles. The molecule has 146 valence electrons. The van der Waals surface area contributed by atoms with Crippen LogP contribution in [0.4, 0.5) is 0 Å². The van der Waals surface area contributed by atoms with Gasteiger partial charge in [0.1, 0.15) is 0 Å². The summed E-state index contributed by atoms with van der Waals surface area (Å²) in [4.78, 5) is 13.7. The van der Waals surface area contributed by atoms with Gasteiger partial charge in [0.15, 0.2) is 11.0 Å². The van der Waals surface area contributed by atoms with Crippen molar-refractivity contribution in [1.82, 2.24) is 20.1 Å². The van der Waals surface area contributed by atoms with Crippen LogP contribution in [0.1, 0.15) is 35.8 Å². The van der Waals surface area contributed by atoms with E-state index in [1.54, 1.807) is 0 Å². The van der Waals surface area contributed by atoms with E-state index in [0.717, 1.165) is 29.5 Å². The molecule has 0 atom stereocenters. The minimum absolute atomic E-state index is 0.00830. The van der Waals surface area contributed by atoms with Gasteiger partial charge >= 0.3 is 0 Å². The molecule has 7 heteroatoms. The number of nitrogens with one attached hydrogen (secondary N) is 1. The van der Waals surface area contributed by atoms with Crippen molar-refractivity contribution in [2.24, 2.45) is 0 Å². The Morgan fingerprint density at radius 1 is 1.21 bits per heavy atom. The third-order valence-corrected chi connectivity index (χ3v) is 7.06. The predicted molar refractivity (Wildman–Crippen MR) is 115 cm³/mol. The number of rotatable bonds is 7. The second kappa shape index (κ2) is 8.92. The molecule has 3 aromatic rings. The number of carbonyl (C=O) groups is 1. The zero-order valence-electron chi connectivity index (χ0n) is 16.0. The molecule has 28 heavy (non-hydrogen) atoms. The monoisotopic (exact) mass is 412 g/mol. The lowest BCUT2D eigenvalue weighted by Gasteiger charge is -2.13. The molecule has 1 aromatic carbocycles. The van der Waals surface area contributed by atoms with E-state index in [2.05, 4.69) is 32.4 Å². The molecule has 0 spiro atoms. The Morgan fingerprint density at radius 3 is 2.86 bits per heavy atom. The second-order valence-electron chi connectivity index (χ2n) is 6.86. The van der Waals surface area contributed by atoms with Gasteiger partial charge in [-0.3, -0.25) is 4.79 Å². The van der Waals surface area contributed by atoms with E-state index in [4.69, 9.17) is 0 Å². The summed E-state index contributed by atoms with van der Waals surface area (Å²) >= 11 is 3.30. The van der Waals surface area contributed by atoms with Crippen LogP contribution in [0.2, 0.25) is 0 Å². The molecule has 5 nitrogen and oxygen atoms in total. The van der Waals surface area contributed by atoms with Crippen molar-refractivity contribution < 1.29 is 4.79 Å². The van der Waals surface area contributed by atoms with E-state index in [9.17, 15) is 4.79 Å². The molecule has 0 bridgehead atoms. The van der Waals surface area contributed by atoms with Gasteiger partial charge in [0, 0.05) is 28.9 Å². The third kappa shape index (κ3) is 4.15. The number of carbonyl (C=O) groups excluding carboxylic acids is 1. The van der Waals surface area contributed by atoms with Crippen molar-refractivity contribution in [2.45, 2.75) is 50.9 Å². The first kappa shape index (κ1) is 19.2. The lowest BCUT2D eigenvalue weighted by Crippen LogP contribution is -2.24. The SMILES string of the molecule is CCn1c(SCC(=O)NCc2ccccc2)nnc1-c1csc2c1CCCC2. The molecule has 1 aliphatic rings. The molecule has 0 saturated heterocycles. The molecule has 0 radical (unpaired) electrons. The quantitative estimate of drug-likeness (QED) is 0.587. The Morgan fingerprint density at radius 2 is 2.04 bits per heavy atom. The maximum atomic E-state index is 12.2. The largest absolute Gasteiger partial charge is 0.351 e. The van der Waals surface area contributed by atoms with Crippen molar-refractivity contribution in [1.29, 1.82) is 0 Å². The normalized spacial score (nSPS) is 13.3. The van der Waals surface area contributed by atoms with Crippen LogP contribution in [-0.4, -0.2) is 26.4 Å². The molecule has 1 aliphatic carbocycles. The van der Waals surface area contributed by atoms with Crippen LogP contribution < -0.4 is 5.32 Å². The van der Waals surface area contributed by atoms with Crippen LogP contribution in [0.3, 0.4) is 0 Å². The smallest absolute Gasteiger partial charge is 0.230 e. The van der Waals surface area contributed by atoms with Gasteiger partial charge in [0.2, 0.25) is 5.91 Å². The summed E-state index contributed by atoms with van der Waals surface area (Å²) in [5, 5.41) is 14.9. The second-order valence-corrected chi connectivity index (χ2v) is 8.77. The van der Waals surface area contributed by atoms with Crippen LogP contribution in [0.15, 0.2) is 40.9 Å². The molecule has 0 fully saturated rings. The predicted octanol–water partition coefficient (Wildman–Crippen LogP) is 4.31. The van der Waals surface area contributed by atoms with Gasteiger partial charge in [-0.15, -0.1) is 21.5 Å². The minimum atomic E-state index is 0.00830. The average molecular weight is 413 g/mol. The highest BCUT2D eigenvalue weighted by atomic mass is 32.2. The number of fused-ring (bicyclic) bond motifs is 1. The topological polar surface area (TPSA) is 59.8 Å². The summed E-state index contributed by atoms with van der Waals surface area (Å²) in [5.74, 6) is 1.29. The standard InChI is InChI=1S/C21H24N4OS2/c1-2-25-20(17-13-27-18-11-7-6-10-16(17)18)23-24-21(25)28-14-19(26)22-12-15-8-4-3-5-9-15/h3-5,8-9,13H,2,6-7,10-12,14H2,1H3,(H,22,26). The summed E-state index contributed by atoms with van der Waals surface area (Å²) in [7, 11) is 0. The Labute approximate surface area is 173 Å². The first-order chi connectivity index (χ1) is 13.8. The van der Waals surface area contributed by atoms with Crippen molar-refractivity contribution in [3.05, 3.63) is 51.7 Å². The number of benzene rings is 1. The van der Waals surface area contributed by atoms with E-state index in [1.165, 1.54) is 47.0 Å². The number of hydrogen-bond donors (Lipinski definition) is 1. The summed E-state index contributed by atoms with van der Waals surface area (Å²) < 4.78 is 2.13. The van der Waals surface area contributed by atoms with E-state index in [1.807, 2.05) is 41.7 Å². The molecular formula is C21H24N4OS2. The Balaban J connectivity index is 1.42. The number of aryl methyl sites for hydroxylation is 1. The summed E-state index contributed by atoms with van der Waals surface area (Å²) in [6, 6.07) is 9.94. The van der Waals surface area contributed by atoms with Gasteiger partial charge in [-0.2, -0.15) is 0 Å². The molecule has 0 aliphatic heterocycles. The fourth-order valence-corrected chi connectivity index (χ4v) is 5.50. The van der Waals surface area contributed by atoms with Crippen LogP contribution >= 0.6 is 23.1 Å². The molecule has 4 rings (SSSR count). The fourth-order valence-electron chi connectivity index (χ4n) is 3.54. The Hall–Kier alpha value is -2.12. The highest BCUT2D eigenvalue weighted by Crippen LogP contribution is 2.36. The van der Waals surface area contributed by atoms with Crippen LogP contribution in [-0.2, 0) is 30.7 Å². The highest BCUT2D eigenvalue weighted by Gasteiger charge is 2.22. The van der Waals surface area contributed by atoms with Crippen molar-refractivity contribution in [3.63, 3.8) is 0 Å². The maximum Gasteiger partial charge on any atom is 0.230 e. The van der Waals surface area contributed by atoms with Crippen molar-refractivity contribution >= 4 is 29.0 Å². The highest BCUT2D eigenvalue weighted by molar-refractivity contribution is 7.99. The number of thiophene rings is 1. The van der Waals surface area contributed by atoms with Crippen molar-refractivity contribution in [2.75, 3.05) is 5.75 Å². The molecular weight excluding hydrogens is 388 g/mol.